The average molecular weight is 231 g/mol. The molecule has 3 rings (SSSR count). The summed E-state index contributed by atoms with van der Waals surface area (Å²) in [4.78, 5) is 18.5. The summed E-state index contributed by atoms with van der Waals surface area (Å²) in [5.41, 5.74) is 1.02. The Morgan fingerprint density at radius 1 is 1.47 bits per heavy atom. The van der Waals surface area contributed by atoms with Crippen LogP contribution in [0, 0.1) is 5.41 Å². The van der Waals surface area contributed by atoms with Crippen molar-refractivity contribution in [2.75, 3.05) is 19.6 Å². The largest absolute Gasteiger partial charge is 0.338 e. The van der Waals surface area contributed by atoms with Crippen molar-refractivity contribution in [2.24, 2.45) is 5.41 Å². The van der Waals surface area contributed by atoms with Crippen LogP contribution in [0.4, 0.5) is 0 Å². The molecule has 3 heterocycles. The normalized spacial score (nSPS) is 28.2. The van der Waals surface area contributed by atoms with Gasteiger partial charge in [-0.05, 0) is 31.0 Å². The van der Waals surface area contributed by atoms with Crippen LogP contribution < -0.4 is 5.32 Å². The van der Waals surface area contributed by atoms with E-state index in [-0.39, 0.29) is 5.41 Å². The molecule has 2 aliphatic rings. The van der Waals surface area contributed by atoms with Gasteiger partial charge in [-0.3, -0.25) is 9.78 Å². The Balaban J connectivity index is 1.72. The zero-order chi connectivity index (χ0) is 11.7. The smallest absolute Gasteiger partial charge is 0.230 e. The number of nitrogens with one attached hydrogen (secondary N) is 1. The van der Waals surface area contributed by atoms with Gasteiger partial charge in [-0.1, -0.05) is 6.07 Å². The number of nitrogens with zero attached hydrogens (tertiary/aromatic N) is 2. The summed E-state index contributed by atoms with van der Waals surface area (Å²) in [5.74, 6) is 0.325. The van der Waals surface area contributed by atoms with E-state index in [1.54, 1.807) is 6.20 Å². The van der Waals surface area contributed by atoms with E-state index in [2.05, 4.69) is 10.3 Å². The van der Waals surface area contributed by atoms with Gasteiger partial charge < -0.3 is 10.2 Å². The van der Waals surface area contributed by atoms with Gasteiger partial charge in [-0.2, -0.15) is 0 Å². The molecular formula is C13H17N3O. The number of carbonyl (C=O) groups excluding carboxylic acids is 1. The first-order valence-corrected chi connectivity index (χ1v) is 6.19. The van der Waals surface area contributed by atoms with Crippen LogP contribution in [-0.4, -0.2) is 35.4 Å². The molecule has 1 amide bonds. The molecule has 0 aliphatic carbocycles. The van der Waals surface area contributed by atoms with Crippen molar-refractivity contribution in [3.8, 4) is 0 Å². The highest BCUT2D eigenvalue weighted by Crippen LogP contribution is 2.37. The maximum absolute atomic E-state index is 12.4. The first-order valence-electron chi connectivity index (χ1n) is 6.19. The van der Waals surface area contributed by atoms with Crippen molar-refractivity contribution in [1.29, 1.82) is 0 Å². The fraction of sp³-hybridized carbons (Fsp3) is 0.538. The molecule has 0 aromatic carbocycles. The summed E-state index contributed by atoms with van der Waals surface area (Å²) in [6, 6.07) is 3.95. The van der Waals surface area contributed by atoms with Crippen LogP contribution in [0.15, 0.2) is 24.5 Å². The Bertz CT molecular complexity index is 412. The molecule has 2 aliphatic heterocycles. The van der Waals surface area contributed by atoms with Crippen LogP contribution in [0.5, 0.6) is 0 Å². The summed E-state index contributed by atoms with van der Waals surface area (Å²) in [6.45, 7) is 3.42. The maximum atomic E-state index is 12.4. The van der Waals surface area contributed by atoms with Crippen LogP contribution in [-0.2, 0) is 11.3 Å². The van der Waals surface area contributed by atoms with Crippen molar-refractivity contribution >= 4 is 5.91 Å². The fourth-order valence-electron chi connectivity index (χ4n) is 2.90. The third-order valence-corrected chi connectivity index (χ3v) is 3.94. The highest BCUT2D eigenvalue weighted by Gasteiger charge is 2.47. The Hall–Kier alpha value is -1.42. The standard InChI is InChI=1S/C13H17N3O/c17-12-13(3-6-15-10-13)4-7-16(12)9-11-2-1-5-14-8-11/h1-2,5,8,15H,3-4,6-7,9-10H2. The van der Waals surface area contributed by atoms with Crippen LogP contribution in [0.25, 0.3) is 0 Å². The molecule has 2 fully saturated rings. The quantitative estimate of drug-likeness (QED) is 0.818. The highest BCUT2D eigenvalue weighted by molar-refractivity contribution is 5.85. The molecule has 1 spiro atoms. The number of likely N-dealkylation sites (tertiary alicyclic amines) is 1. The third-order valence-electron chi connectivity index (χ3n) is 3.94. The average Bonchev–Trinajstić information content (AvgIpc) is 2.95. The van der Waals surface area contributed by atoms with Crippen molar-refractivity contribution in [1.82, 2.24) is 15.2 Å². The van der Waals surface area contributed by atoms with Gasteiger partial charge in [0.25, 0.3) is 0 Å². The molecule has 2 saturated heterocycles. The first kappa shape index (κ1) is 10.7. The minimum atomic E-state index is -0.0950. The predicted octanol–water partition coefficient (Wildman–Crippen LogP) is 0.794. The van der Waals surface area contributed by atoms with E-state index in [0.29, 0.717) is 12.5 Å². The lowest BCUT2D eigenvalue weighted by molar-refractivity contribution is -0.135. The number of hydrogen-bond donors (Lipinski definition) is 1. The highest BCUT2D eigenvalue weighted by atomic mass is 16.2. The van der Waals surface area contributed by atoms with Gasteiger partial charge in [-0.15, -0.1) is 0 Å². The lowest BCUT2D eigenvalue weighted by Crippen LogP contribution is -2.35. The van der Waals surface area contributed by atoms with Crippen molar-refractivity contribution in [3.63, 3.8) is 0 Å². The molecule has 1 aromatic rings. The third kappa shape index (κ3) is 1.82. The number of pyridine rings is 1. The Labute approximate surface area is 101 Å². The molecule has 0 radical (unpaired) electrons. The van der Waals surface area contributed by atoms with Crippen LogP contribution in [0.3, 0.4) is 0 Å². The number of carbonyl (C=O) groups is 1. The number of rotatable bonds is 2. The summed E-state index contributed by atoms with van der Waals surface area (Å²) in [6.07, 6.45) is 5.59. The van der Waals surface area contributed by atoms with E-state index in [1.165, 1.54) is 0 Å². The topological polar surface area (TPSA) is 45.2 Å². The molecule has 1 unspecified atom stereocenters. The lowest BCUT2D eigenvalue weighted by atomic mass is 9.86. The molecule has 1 aromatic heterocycles. The van der Waals surface area contributed by atoms with E-state index in [4.69, 9.17) is 0 Å². The van der Waals surface area contributed by atoms with Gasteiger partial charge >= 0.3 is 0 Å². The molecule has 4 heteroatoms. The van der Waals surface area contributed by atoms with E-state index in [0.717, 1.165) is 38.0 Å². The number of hydrogen-bond acceptors (Lipinski definition) is 3. The number of amides is 1. The second kappa shape index (κ2) is 4.11. The van der Waals surface area contributed by atoms with Crippen LogP contribution >= 0.6 is 0 Å². The molecule has 90 valence electrons. The van der Waals surface area contributed by atoms with Crippen molar-refractivity contribution in [3.05, 3.63) is 30.1 Å². The number of aromatic nitrogens is 1. The zero-order valence-corrected chi connectivity index (χ0v) is 9.85. The second-order valence-corrected chi connectivity index (χ2v) is 5.05. The molecule has 0 saturated carbocycles. The zero-order valence-electron chi connectivity index (χ0n) is 9.85. The summed E-state index contributed by atoms with van der Waals surface area (Å²) in [5, 5.41) is 3.31. The Kier molecular flexibility index (Phi) is 2.59. The minimum Gasteiger partial charge on any atom is -0.338 e. The molecule has 1 atom stereocenters. The first-order chi connectivity index (χ1) is 8.30. The minimum absolute atomic E-state index is 0.0950. The Morgan fingerprint density at radius 3 is 3.12 bits per heavy atom. The van der Waals surface area contributed by atoms with E-state index in [9.17, 15) is 4.79 Å². The molecular weight excluding hydrogens is 214 g/mol. The van der Waals surface area contributed by atoms with Crippen LogP contribution in [0.1, 0.15) is 18.4 Å². The Morgan fingerprint density at radius 2 is 2.41 bits per heavy atom. The second-order valence-electron chi connectivity index (χ2n) is 5.05. The van der Waals surface area contributed by atoms with E-state index in [1.807, 2.05) is 23.2 Å². The van der Waals surface area contributed by atoms with Gasteiger partial charge in [0.15, 0.2) is 0 Å². The lowest BCUT2D eigenvalue weighted by Gasteiger charge is -2.21. The van der Waals surface area contributed by atoms with Crippen LogP contribution in [0.2, 0.25) is 0 Å². The maximum Gasteiger partial charge on any atom is 0.230 e. The SMILES string of the molecule is O=C1N(Cc2cccnc2)CCC12CCNC2. The predicted molar refractivity (Wildman–Crippen MR) is 64.2 cm³/mol. The summed E-state index contributed by atoms with van der Waals surface area (Å²) in [7, 11) is 0. The monoisotopic (exact) mass is 231 g/mol. The fourth-order valence-corrected chi connectivity index (χ4v) is 2.90. The molecule has 0 bridgehead atoms. The summed E-state index contributed by atoms with van der Waals surface area (Å²) >= 11 is 0. The van der Waals surface area contributed by atoms with Crippen molar-refractivity contribution in [2.45, 2.75) is 19.4 Å². The molecule has 17 heavy (non-hydrogen) atoms. The molecule has 1 N–H and O–H groups in total. The van der Waals surface area contributed by atoms with Crippen molar-refractivity contribution < 1.29 is 4.79 Å². The van der Waals surface area contributed by atoms with Gasteiger partial charge in [0.05, 0.1) is 5.41 Å². The van der Waals surface area contributed by atoms with Gasteiger partial charge in [-0.25, -0.2) is 0 Å². The molecule has 4 nitrogen and oxygen atoms in total. The summed E-state index contributed by atoms with van der Waals surface area (Å²) < 4.78 is 0. The van der Waals surface area contributed by atoms with Gasteiger partial charge in [0.1, 0.15) is 0 Å². The van der Waals surface area contributed by atoms with Gasteiger partial charge in [0.2, 0.25) is 5.91 Å². The van der Waals surface area contributed by atoms with Gasteiger partial charge in [0, 0.05) is 32.0 Å². The van der Waals surface area contributed by atoms with E-state index >= 15 is 0 Å². The van der Waals surface area contributed by atoms with E-state index < -0.39 is 0 Å².